The normalized spacial score (nSPS) is 15.1. The van der Waals surface area contributed by atoms with Crippen LogP contribution in [0.15, 0.2) is 24.3 Å². The second-order valence-corrected chi connectivity index (χ2v) is 4.80. The zero-order valence-corrected chi connectivity index (χ0v) is 10.3. The minimum atomic E-state index is -0.881. The Hall–Kier alpha value is -2.03. The number of hydrogen-bond donors (Lipinski definition) is 2. The first-order valence-electron chi connectivity index (χ1n) is 6.22. The highest BCUT2D eigenvalue weighted by atomic mass is 16.4. The number of para-hydroxylation sites is 1. The van der Waals surface area contributed by atoms with E-state index >= 15 is 0 Å². The minimum Gasteiger partial charge on any atom is -0.477 e. The summed E-state index contributed by atoms with van der Waals surface area (Å²) in [6.07, 6.45) is 5.30. The molecule has 1 aromatic heterocycles. The van der Waals surface area contributed by atoms with Gasteiger partial charge in [0, 0.05) is 16.5 Å². The largest absolute Gasteiger partial charge is 0.477 e. The van der Waals surface area contributed by atoms with Gasteiger partial charge in [0.2, 0.25) is 0 Å². The number of allylic oxidation sites excluding steroid dienone is 2. The number of aryl methyl sites for hydroxylation is 1. The molecule has 3 heteroatoms. The Labute approximate surface area is 105 Å². The molecule has 0 fully saturated rings. The highest BCUT2D eigenvalue weighted by Crippen LogP contribution is 2.36. The van der Waals surface area contributed by atoms with Crippen molar-refractivity contribution in [1.82, 2.24) is 4.98 Å². The summed E-state index contributed by atoms with van der Waals surface area (Å²) in [6.45, 7) is 2.00. The number of carbonyl (C=O) groups is 1. The van der Waals surface area contributed by atoms with Gasteiger partial charge in [-0.2, -0.15) is 0 Å². The molecule has 2 aromatic rings. The maximum absolute atomic E-state index is 11.4. The maximum Gasteiger partial charge on any atom is 0.352 e. The van der Waals surface area contributed by atoms with Crippen molar-refractivity contribution in [2.75, 3.05) is 0 Å². The lowest BCUT2D eigenvalue weighted by molar-refractivity contribution is 0.0691. The van der Waals surface area contributed by atoms with Gasteiger partial charge in [-0.25, -0.2) is 4.79 Å². The van der Waals surface area contributed by atoms with Gasteiger partial charge < -0.3 is 10.1 Å². The van der Waals surface area contributed by atoms with Crippen LogP contribution in [0.2, 0.25) is 0 Å². The Balaban J connectivity index is 2.35. The standard InChI is InChI=1S/C15H15NO2/c1-9-5-4-8-11-12(10-6-2-3-7-10)14(15(17)18)16-13(9)11/h4-6,8,16H,2-3,7H2,1H3,(H,17,18). The highest BCUT2D eigenvalue weighted by molar-refractivity contribution is 6.05. The van der Waals surface area contributed by atoms with Crippen LogP contribution in [0.3, 0.4) is 0 Å². The molecule has 1 aliphatic carbocycles. The Morgan fingerprint density at radius 2 is 2.22 bits per heavy atom. The number of benzene rings is 1. The third kappa shape index (κ3) is 1.55. The van der Waals surface area contributed by atoms with Crippen LogP contribution in [-0.2, 0) is 0 Å². The van der Waals surface area contributed by atoms with Crippen molar-refractivity contribution in [3.63, 3.8) is 0 Å². The summed E-state index contributed by atoms with van der Waals surface area (Å²) in [6, 6.07) is 5.98. The number of H-pyrrole nitrogens is 1. The summed E-state index contributed by atoms with van der Waals surface area (Å²) in [5.41, 5.74) is 4.41. The molecule has 3 nitrogen and oxygen atoms in total. The maximum atomic E-state index is 11.4. The smallest absolute Gasteiger partial charge is 0.352 e. The number of fused-ring (bicyclic) bond motifs is 1. The molecule has 0 spiro atoms. The summed E-state index contributed by atoms with van der Waals surface area (Å²) < 4.78 is 0. The van der Waals surface area contributed by atoms with Gasteiger partial charge >= 0.3 is 5.97 Å². The van der Waals surface area contributed by atoms with E-state index in [4.69, 9.17) is 0 Å². The van der Waals surface area contributed by atoms with Crippen LogP contribution in [0.1, 0.15) is 40.9 Å². The van der Waals surface area contributed by atoms with Crippen molar-refractivity contribution in [2.45, 2.75) is 26.2 Å². The number of carboxylic acids is 1. The third-order valence-electron chi connectivity index (χ3n) is 3.62. The van der Waals surface area contributed by atoms with E-state index in [1.54, 1.807) is 0 Å². The molecule has 1 aliphatic rings. The highest BCUT2D eigenvalue weighted by Gasteiger charge is 2.21. The van der Waals surface area contributed by atoms with Crippen LogP contribution < -0.4 is 0 Å². The van der Waals surface area contributed by atoms with Crippen LogP contribution in [0.4, 0.5) is 0 Å². The summed E-state index contributed by atoms with van der Waals surface area (Å²) in [5.74, 6) is -0.881. The number of carboxylic acid groups (broad SMARTS) is 1. The van der Waals surface area contributed by atoms with E-state index in [0.29, 0.717) is 5.69 Å². The topological polar surface area (TPSA) is 53.1 Å². The van der Waals surface area contributed by atoms with E-state index in [2.05, 4.69) is 11.1 Å². The fraction of sp³-hybridized carbons (Fsp3) is 0.267. The molecular formula is C15H15NO2. The Bertz CT molecular complexity index is 664. The average Bonchev–Trinajstić information content (AvgIpc) is 2.94. The van der Waals surface area contributed by atoms with E-state index in [-0.39, 0.29) is 0 Å². The van der Waals surface area contributed by atoms with Crippen molar-refractivity contribution in [3.05, 3.63) is 41.1 Å². The predicted octanol–water partition coefficient (Wildman–Crippen LogP) is 3.74. The first-order valence-corrected chi connectivity index (χ1v) is 6.22. The molecule has 18 heavy (non-hydrogen) atoms. The summed E-state index contributed by atoms with van der Waals surface area (Å²) in [4.78, 5) is 14.5. The lowest BCUT2D eigenvalue weighted by atomic mass is 10.0. The molecule has 1 aromatic carbocycles. The molecule has 0 bridgehead atoms. The number of aromatic nitrogens is 1. The lowest BCUT2D eigenvalue weighted by Crippen LogP contribution is -2.00. The summed E-state index contributed by atoms with van der Waals surface area (Å²) in [5, 5.41) is 10.4. The van der Waals surface area contributed by atoms with Gasteiger partial charge in [0.1, 0.15) is 5.69 Å². The molecule has 0 aliphatic heterocycles. The molecule has 0 saturated heterocycles. The van der Waals surface area contributed by atoms with E-state index in [0.717, 1.165) is 41.3 Å². The second kappa shape index (κ2) is 4.02. The van der Waals surface area contributed by atoms with Crippen LogP contribution >= 0.6 is 0 Å². The number of aromatic carboxylic acids is 1. The van der Waals surface area contributed by atoms with Crippen molar-refractivity contribution < 1.29 is 9.90 Å². The van der Waals surface area contributed by atoms with E-state index in [9.17, 15) is 9.90 Å². The average molecular weight is 241 g/mol. The fourth-order valence-electron chi connectivity index (χ4n) is 2.76. The summed E-state index contributed by atoms with van der Waals surface area (Å²) in [7, 11) is 0. The molecule has 0 unspecified atom stereocenters. The monoisotopic (exact) mass is 241 g/mol. The molecule has 0 amide bonds. The van der Waals surface area contributed by atoms with Gasteiger partial charge in [-0.05, 0) is 37.3 Å². The molecule has 2 N–H and O–H groups in total. The summed E-state index contributed by atoms with van der Waals surface area (Å²) >= 11 is 0. The van der Waals surface area contributed by atoms with Gasteiger partial charge in [0.25, 0.3) is 0 Å². The van der Waals surface area contributed by atoms with E-state index < -0.39 is 5.97 Å². The molecule has 0 radical (unpaired) electrons. The van der Waals surface area contributed by atoms with Crippen LogP contribution in [0.25, 0.3) is 16.5 Å². The first kappa shape index (κ1) is 11.1. The number of rotatable bonds is 2. The van der Waals surface area contributed by atoms with Gasteiger partial charge in [-0.1, -0.05) is 24.3 Å². The zero-order chi connectivity index (χ0) is 12.7. The SMILES string of the molecule is Cc1cccc2c(C3=CCCC3)c(C(=O)O)[nH]c12. The Morgan fingerprint density at radius 3 is 2.89 bits per heavy atom. The predicted molar refractivity (Wildman–Crippen MR) is 71.8 cm³/mol. The zero-order valence-electron chi connectivity index (χ0n) is 10.3. The van der Waals surface area contributed by atoms with E-state index in [1.165, 1.54) is 5.57 Å². The Kier molecular flexibility index (Phi) is 2.47. The Morgan fingerprint density at radius 1 is 1.39 bits per heavy atom. The van der Waals surface area contributed by atoms with Crippen LogP contribution in [0.5, 0.6) is 0 Å². The second-order valence-electron chi connectivity index (χ2n) is 4.80. The molecule has 3 rings (SSSR count). The molecular weight excluding hydrogens is 226 g/mol. The number of nitrogens with one attached hydrogen (secondary N) is 1. The quantitative estimate of drug-likeness (QED) is 0.841. The molecule has 0 saturated carbocycles. The first-order chi connectivity index (χ1) is 8.68. The minimum absolute atomic E-state index is 0.326. The van der Waals surface area contributed by atoms with E-state index in [1.807, 2.05) is 25.1 Å². The van der Waals surface area contributed by atoms with Crippen LogP contribution in [-0.4, -0.2) is 16.1 Å². The van der Waals surface area contributed by atoms with Gasteiger partial charge in [-0.15, -0.1) is 0 Å². The van der Waals surface area contributed by atoms with Gasteiger partial charge in [0.15, 0.2) is 0 Å². The molecule has 0 atom stereocenters. The van der Waals surface area contributed by atoms with Crippen molar-refractivity contribution >= 4 is 22.4 Å². The third-order valence-corrected chi connectivity index (χ3v) is 3.62. The lowest BCUT2D eigenvalue weighted by Gasteiger charge is -2.02. The van der Waals surface area contributed by atoms with Crippen molar-refractivity contribution in [3.8, 4) is 0 Å². The van der Waals surface area contributed by atoms with Gasteiger partial charge in [0.05, 0.1) is 0 Å². The van der Waals surface area contributed by atoms with Gasteiger partial charge in [-0.3, -0.25) is 0 Å². The molecule has 92 valence electrons. The fourth-order valence-corrected chi connectivity index (χ4v) is 2.76. The molecule has 1 heterocycles. The number of hydrogen-bond acceptors (Lipinski definition) is 1. The van der Waals surface area contributed by atoms with Crippen molar-refractivity contribution in [1.29, 1.82) is 0 Å². The van der Waals surface area contributed by atoms with Crippen molar-refractivity contribution in [2.24, 2.45) is 0 Å². The number of aromatic amines is 1. The van der Waals surface area contributed by atoms with Crippen LogP contribution in [0, 0.1) is 6.92 Å².